The Balaban J connectivity index is 1.82. The van der Waals surface area contributed by atoms with Crippen LogP contribution in [0.1, 0.15) is 18.5 Å². The van der Waals surface area contributed by atoms with E-state index in [1.807, 2.05) is 42.6 Å². The van der Waals surface area contributed by atoms with Crippen LogP contribution < -0.4 is 15.4 Å². The zero-order valence-corrected chi connectivity index (χ0v) is 13.0. The van der Waals surface area contributed by atoms with Gasteiger partial charge in [-0.05, 0) is 31.2 Å². The largest absolute Gasteiger partial charge is 0.573 e. The van der Waals surface area contributed by atoms with Gasteiger partial charge in [-0.15, -0.1) is 13.2 Å². The van der Waals surface area contributed by atoms with Gasteiger partial charge in [0, 0.05) is 11.3 Å². The SMILES string of the molecule is C[C@H]([NH2+]CC(=O)Nc1ccc(OC(F)(F)F)cc1)c1ccccc1. The van der Waals surface area contributed by atoms with E-state index in [0.717, 1.165) is 17.7 Å². The first-order chi connectivity index (χ1) is 11.3. The zero-order chi connectivity index (χ0) is 17.6. The van der Waals surface area contributed by atoms with Gasteiger partial charge in [-0.25, -0.2) is 0 Å². The fourth-order valence-electron chi connectivity index (χ4n) is 2.13. The molecule has 3 N–H and O–H groups in total. The van der Waals surface area contributed by atoms with Crippen molar-refractivity contribution in [2.75, 3.05) is 11.9 Å². The molecule has 0 aliphatic carbocycles. The first kappa shape index (κ1) is 17.8. The van der Waals surface area contributed by atoms with E-state index in [1.54, 1.807) is 0 Å². The lowest BCUT2D eigenvalue weighted by Crippen LogP contribution is -2.86. The second-order valence-corrected chi connectivity index (χ2v) is 5.26. The minimum Gasteiger partial charge on any atom is -0.406 e. The third-order valence-corrected chi connectivity index (χ3v) is 3.35. The summed E-state index contributed by atoms with van der Waals surface area (Å²) in [6.07, 6.45) is -4.73. The van der Waals surface area contributed by atoms with Crippen LogP contribution in [0, 0.1) is 0 Å². The third kappa shape index (κ3) is 5.92. The van der Waals surface area contributed by atoms with Gasteiger partial charge in [0.15, 0.2) is 6.54 Å². The summed E-state index contributed by atoms with van der Waals surface area (Å²) < 4.78 is 40.0. The van der Waals surface area contributed by atoms with E-state index in [0.29, 0.717) is 5.69 Å². The van der Waals surface area contributed by atoms with Gasteiger partial charge in [-0.3, -0.25) is 4.79 Å². The standard InChI is InChI=1S/C17H17F3N2O2/c1-12(13-5-3-2-4-6-13)21-11-16(23)22-14-7-9-15(10-8-14)24-17(18,19)20/h2-10,12,21H,11H2,1H3,(H,22,23)/p+1/t12-/m0/s1. The highest BCUT2D eigenvalue weighted by molar-refractivity contribution is 5.91. The molecular formula is C17H18F3N2O2+. The summed E-state index contributed by atoms with van der Waals surface area (Å²) in [7, 11) is 0. The lowest BCUT2D eigenvalue weighted by Gasteiger charge is -2.12. The van der Waals surface area contributed by atoms with E-state index in [-0.39, 0.29) is 24.2 Å². The summed E-state index contributed by atoms with van der Waals surface area (Å²) in [6, 6.07) is 14.9. The van der Waals surface area contributed by atoms with Gasteiger partial charge >= 0.3 is 6.36 Å². The van der Waals surface area contributed by atoms with Gasteiger partial charge in [0.05, 0.1) is 0 Å². The molecule has 0 spiro atoms. The van der Waals surface area contributed by atoms with Gasteiger partial charge in [-0.1, -0.05) is 30.3 Å². The van der Waals surface area contributed by atoms with Crippen LogP contribution in [-0.2, 0) is 4.79 Å². The number of nitrogens with one attached hydrogen (secondary N) is 1. The van der Waals surface area contributed by atoms with Gasteiger partial charge < -0.3 is 15.4 Å². The fraction of sp³-hybridized carbons (Fsp3) is 0.235. The van der Waals surface area contributed by atoms with Crippen molar-refractivity contribution in [3.8, 4) is 5.75 Å². The number of nitrogens with two attached hydrogens (primary N) is 1. The number of hydrogen-bond donors (Lipinski definition) is 2. The first-order valence-electron chi connectivity index (χ1n) is 7.37. The van der Waals surface area contributed by atoms with Gasteiger partial charge in [0.1, 0.15) is 11.8 Å². The second-order valence-electron chi connectivity index (χ2n) is 5.26. The number of hydrogen-bond acceptors (Lipinski definition) is 2. The lowest BCUT2D eigenvalue weighted by molar-refractivity contribution is -0.682. The molecule has 1 amide bonds. The number of rotatable bonds is 6. The highest BCUT2D eigenvalue weighted by Gasteiger charge is 2.30. The average molecular weight is 339 g/mol. The normalized spacial score (nSPS) is 12.5. The Bertz CT molecular complexity index is 658. The monoisotopic (exact) mass is 339 g/mol. The molecule has 0 radical (unpaired) electrons. The Labute approximate surface area is 137 Å². The molecule has 0 aromatic heterocycles. The minimum absolute atomic E-state index is 0.125. The Morgan fingerprint density at radius 3 is 2.33 bits per heavy atom. The number of alkyl halides is 3. The van der Waals surface area contributed by atoms with E-state index in [2.05, 4.69) is 10.1 Å². The zero-order valence-electron chi connectivity index (χ0n) is 13.0. The average Bonchev–Trinajstić information content (AvgIpc) is 2.54. The Hall–Kier alpha value is -2.54. The summed E-state index contributed by atoms with van der Waals surface area (Å²) in [5.41, 5.74) is 1.52. The topological polar surface area (TPSA) is 54.9 Å². The molecule has 2 aromatic rings. The predicted molar refractivity (Wildman–Crippen MR) is 83.4 cm³/mol. The predicted octanol–water partition coefficient (Wildman–Crippen LogP) is 2.85. The summed E-state index contributed by atoms with van der Waals surface area (Å²) in [5, 5.41) is 4.51. The smallest absolute Gasteiger partial charge is 0.406 e. The van der Waals surface area contributed by atoms with Crippen LogP contribution in [-0.4, -0.2) is 18.8 Å². The van der Waals surface area contributed by atoms with Crippen molar-refractivity contribution in [3.63, 3.8) is 0 Å². The summed E-state index contributed by atoms with van der Waals surface area (Å²) in [6.45, 7) is 2.20. The molecule has 7 heteroatoms. The van der Waals surface area contributed by atoms with Crippen molar-refractivity contribution in [2.45, 2.75) is 19.3 Å². The van der Waals surface area contributed by atoms with Crippen molar-refractivity contribution in [1.29, 1.82) is 0 Å². The quantitative estimate of drug-likeness (QED) is 0.850. The van der Waals surface area contributed by atoms with Gasteiger partial charge in [0.2, 0.25) is 0 Å². The number of ether oxygens (including phenoxy) is 1. The number of carbonyl (C=O) groups is 1. The molecule has 24 heavy (non-hydrogen) atoms. The molecule has 0 saturated carbocycles. The highest BCUT2D eigenvalue weighted by atomic mass is 19.4. The number of anilines is 1. The summed E-state index contributed by atoms with van der Waals surface area (Å²) in [5.74, 6) is -0.563. The van der Waals surface area contributed by atoms with Crippen LogP contribution in [0.15, 0.2) is 54.6 Å². The van der Waals surface area contributed by atoms with Crippen molar-refractivity contribution in [2.24, 2.45) is 0 Å². The molecule has 0 unspecified atom stereocenters. The van der Waals surface area contributed by atoms with Gasteiger partial charge in [0.25, 0.3) is 5.91 Å². The molecule has 0 heterocycles. The van der Waals surface area contributed by atoms with Gasteiger partial charge in [-0.2, -0.15) is 0 Å². The molecule has 128 valence electrons. The maximum absolute atomic E-state index is 12.1. The second kappa shape index (κ2) is 7.83. The maximum atomic E-state index is 12.1. The fourth-order valence-corrected chi connectivity index (χ4v) is 2.13. The van der Waals surface area contributed by atoms with Crippen LogP contribution in [0.4, 0.5) is 18.9 Å². The molecule has 0 aliphatic heterocycles. The van der Waals surface area contributed by atoms with Crippen LogP contribution in [0.3, 0.4) is 0 Å². The Morgan fingerprint density at radius 2 is 1.75 bits per heavy atom. The van der Waals surface area contributed by atoms with E-state index in [9.17, 15) is 18.0 Å². The molecule has 1 atom stereocenters. The van der Waals surface area contributed by atoms with Crippen molar-refractivity contribution in [3.05, 3.63) is 60.2 Å². The van der Waals surface area contributed by atoms with Crippen LogP contribution in [0.5, 0.6) is 5.75 Å². The van der Waals surface area contributed by atoms with Crippen LogP contribution >= 0.6 is 0 Å². The number of benzene rings is 2. The molecule has 0 aliphatic rings. The van der Waals surface area contributed by atoms with Crippen LogP contribution in [0.2, 0.25) is 0 Å². The Kier molecular flexibility index (Phi) is 5.81. The number of quaternary nitrogens is 1. The highest BCUT2D eigenvalue weighted by Crippen LogP contribution is 2.23. The van der Waals surface area contributed by atoms with Crippen molar-refractivity contribution < 1.29 is 28.0 Å². The van der Waals surface area contributed by atoms with Crippen molar-refractivity contribution >= 4 is 11.6 Å². The minimum atomic E-state index is -4.73. The number of amides is 1. The van der Waals surface area contributed by atoms with E-state index >= 15 is 0 Å². The van der Waals surface area contributed by atoms with E-state index < -0.39 is 6.36 Å². The Morgan fingerprint density at radius 1 is 1.12 bits per heavy atom. The van der Waals surface area contributed by atoms with Crippen LogP contribution in [0.25, 0.3) is 0 Å². The summed E-state index contributed by atoms with van der Waals surface area (Å²) >= 11 is 0. The van der Waals surface area contributed by atoms with E-state index in [1.165, 1.54) is 12.1 Å². The maximum Gasteiger partial charge on any atom is 0.573 e. The summed E-state index contributed by atoms with van der Waals surface area (Å²) in [4.78, 5) is 11.9. The van der Waals surface area contributed by atoms with E-state index in [4.69, 9.17) is 0 Å². The first-order valence-corrected chi connectivity index (χ1v) is 7.37. The molecule has 2 aromatic carbocycles. The molecule has 4 nitrogen and oxygen atoms in total. The molecule has 0 fully saturated rings. The third-order valence-electron chi connectivity index (χ3n) is 3.35. The number of halogens is 3. The number of carbonyl (C=O) groups excluding carboxylic acids is 1. The lowest BCUT2D eigenvalue weighted by atomic mass is 10.1. The molecule has 0 saturated heterocycles. The molecule has 2 rings (SSSR count). The molecular weight excluding hydrogens is 321 g/mol. The van der Waals surface area contributed by atoms with Crippen molar-refractivity contribution in [1.82, 2.24) is 0 Å². The molecule has 0 bridgehead atoms.